The van der Waals surface area contributed by atoms with Crippen molar-refractivity contribution in [1.29, 1.82) is 0 Å². The summed E-state index contributed by atoms with van der Waals surface area (Å²) in [6.07, 6.45) is 3.88. The summed E-state index contributed by atoms with van der Waals surface area (Å²) >= 11 is 0. The van der Waals surface area contributed by atoms with Gasteiger partial charge in [-0.3, -0.25) is 4.79 Å². The molecule has 1 unspecified atom stereocenters. The first-order chi connectivity index (χ1) is 11.4. The number of rotatable bonds is 2. The molecule has 24 heavy (non-hydrogen) atoms. The largest absolute Gasteiger partial charge is 0.335 e. The van der Waals surface area contributed by atoms with Crippen molar-refractivity contribution < 1.29 is 9.18 Å². The van der Waals surface area contributed by atoms with E-state index in [-0.39, 0.29) is 17.1 Å². The second-order valence-corrected chi connectivity index (χ2v) is 6.93. The number of halogens is 1. The van der Waals surface area contributed by atoms with Gasteiger partial charge >= 0.3 is 0 Å². The molecule has 0 bridgehead atoms. The highest BCUT2D eigenvalue weighted by Gasteiger charge is 2.59. The van der Waals surface area contributed by atoms with Crippen molar-refractivity contribution in [2.45, 2.75) is 24.9 Å². The second kappa shape index (κ2) is 4.94. The van der Waals surface area contributed by atoms with Crippen molar-refractivity contribution in [2.24, 2.45) is 0 Å². The third-order valence-corrected chi connectivity index (χ3v) is 5.24. The highest BCUT2D eigenvalue weighted by Crippen LogP contribution is 2.52. The van der Waals surface area contributed by atoms with E-state index < -0.39 is 5.66 Å². The molecule has 4 rings (SSSR count). The summed E-state index contributed by atoms with van der Waals surface area (Å²) in [5.74, 6) is -0.266. The standard InChI is InChI=1S/C20H19FN2O/c1-19(2)16-8-3-4-9-17(16)23-13-18(24)22-20(19,23)11-10-14-6-5-7-15(21)12-14/h3-12H,13H2,1-2H3,(H,22,24)/b11-10+. The molecule has 1 saturated heterocycles. The molecule has 2 aromatic carbocycles. The zero-order chi connectivity index (χ0) is 16.9. The first-order valence-corrected chi connectivity index (χ1v) is 8.07. The number of para-hydroxylation sites is 1. The first-order valence-electron chi connectivity index (χ1n) is 8.07. The van der Waals surface area contributed by atoms with E-state index >= 15 is 0 Å². The molecule has 2 aliphatic rings. The van der Waals surface area contributed by atoms with E-state index in [0.717, 1.165) is 11.3 Å². The van der Waals surface area contributed by atoms with Crippen LogP contribution >= 0.6 is 0 Å². The molecule has 0 radical (unpaired) electrons. The van der Waals surface area contributed by atoms with E-state index in [1.54, 1.807) is 6.07 Å². The fraction of sp³-hybridized carbons (Fsp3) is 0.250. The highest BCUT2D eigenvalue weighted by molar-refractivity contribution is 5.91. The van der Waals surface area contributed by atoms with Crippen molar-refractivity contribution in [3.05, 3.63) is 71.6 Å². The van der Waals surface area contributed by atoms with Gasteiger partial charge in [-0.1, -0.05) is 50.3 Å². The summed E-state index contributed by atoms with van der Waals surface area (Å²) in [5, 5.41) is 3.16. The van der Waals surface area contributed by atoms with Gasteiger partial charge in [0.15, 0.2) is 0 Å². The Hall–Kier alpha value is -2.62. The number of nitrogens with zero attached hydrogens (tertiary/aromatic N) is 1. The highest BCUT2D eigenvalue weighted by atomic mass is 19.1. The maximum Gasteiger partial charge on any atom is 0.241 e. The molecular formula is C20H19FN2O. The van der Waals surface area contributed by atoms with Crippen LogP contribution in [0.5, 0.6) is 0 Å². The van der Waals surface area contributed by atoms with Crippen LogP contribution in [0.3, 0.4) is 0 Å². The second-order valence-electron chi connectivity index (χ2n) is 6.93. The molecule has 0 saturated carbocycles. The van der Waals surface area contributed by atoms with Crippen LogP contribution < -0.4 is 10.2 Å². The average Bonchev–Trinajstić information content (AvgIpc) is 2.98. The summed E-state index contributed by atoms with van der Waals surface area (Å²) < 4.78 is 13.4. The number of amides is 1. The van der Waals surface area contributed by atoms with Crippen molar-refractivity contribution in [3.63, 3.8) is 0 Å². The van der Waals surface area contributed by atoms with Crippen LogP contribution in [0.15, 0.2) is 54.6 Å². The van der Waals surface area contributed by atoms with E-state index in [1.807, 2.05) is 30.4 Å². The van der Waals surface area contributed by atoms with Crippen LogP contribution in [0.25, 0.3) is 6.08 Å². The van der Waals surface area contributed by atoms with Gasteiger partial charge in [0.2, 0.25) is 5.91 Å². The lowest BCUT2D eigenvalue weighted by molar-refractivity contribution is -0.118. The number of benzene rings is 2. The van der Waals surface area contributed by atoms with E-state index in [1.165, 1.54) is 17.7 Å². The lowest BCUT2D eigenvalue weighted by Gasteiger charge is -2.40. The molecule has 3 nitrogen and oxygen atoms in total. The Morgan fingerprint density at radius 3 is 2.75 bits per heavy atom. The van der Waals surface area contributed by atoms with Gasteiger partial charge in [0, 0.05) is 11.1 Å². The van der Waals surface area contributed by atoms with Crippen molar-refractivity contribution in [1.82, 2.24) is 5.32 Å². The minimum absolute atomic E-state index is 0.00136. The topological polar surface area (TPSA) is 32.3 Å². The van der Waals surface area contributed by atoms with Gasteiger partial charge in [-0.05, 0) is 35.4 Å². The number of anilines is 1. The zero-order valence-electron chi connectivity index (χ0n) is 13.7. The van der Waals surface area contributed by atoms with Gasteiger partial charge in [-0.15, -0.1) is 0 Å². The molecule has 4 heteroatoms. The van der Waals surface area contributed by atoms with Crippen molar-refractivity contribution in [3.8, 4) is 0 Å². The summed E-state index contributed by atoms with van der Waals surface area (Å²) in [6, 6.07) is 14.6. The van der Waals surface area contributed by atoms with Crippen LogP contribution in [0.4, 0.5) is 10.1 Å². The Morgan fingerprint density at radius 2 is 1.96 bits per heavy atom. The summed E-state index contributed by atoms with van der Waals surface area (Å²) in [6.45, 7) is 4.59. The maximum absolute atomic E-state index is 13.4. The molecule has 1 fully saturated rings. The fourth-order valence-corrected chi connectivity index (χ4v) is 3.97. The average molecular weight is 322 g/mol. The molecule has 0 aromatic heterocycles. The molecule has 1 amide bonds. The molecule has 122 valence electrons. The summed E-state index contributed by atoms with van der Waals surface area (Å²) in [5.41, 5.74) is 2.11. The minimum Gasteiger partial charge on any atom is -0.335 e. The smallest absolute Gasteiger partial charge is 0.241 e. The fourth-order valence-electron chi connectivity index (χ4n) is 3.97. The molecule has 0 spiro atoms. The summed E-state index contributed by atoms with van der Waals surface area (Å²) in [7, 11) is 0. The van der Waals surface area contributed by atoms with E-state index in [2.05, 4.69) is 36.2 Å². The van der Waals surface area contributed by atoms with Crippen LogP contribution in [0, 0.1) is 5.82 Å². The SMILES string of the molecule is CC1(C)c2ccccc2N2CC(=O)NC21/C=C/c1cccc(F)c1. The molecular weight excluding hydrogens is 303 g/mol. The monoisotopic (exact) mass is 322 g/mol. The molecule has 0 aliphatic carbocycles. The van der Waals surface area contributed by atoms with Gasteiger partial charge in [0.05, 0.1) is 6.54 Å². The molecule has 2 aromatic rings. The lowest BCUT2D eigenvalue weighted by atomic mass is 9.75. The predicted molar refractivity (Wildman–Crippen MR) is 93.1 cm³/mol. The van der Waals surface area contributed by atoms with Crippen molar-refractivity contribution >= 4 is 17.7 Å². The Labute approximate surface area is 140 Å². The maximum atomic E-state index is 13.4. The Morgan fingerprint density at radius 1 is 1.17 bits per heavy atom. The zero-order valence-corrected chi connectivity index (χ0v) is 13.7. The van der Waals surface area contributed by atoms with Gasteiger partial charge in [-0.25, -0.2) is 4.39 Å². The lowest BCUT2D eigenvalue weighted by Crippen LogP contribution is -2.58. The Kier molecular flexibility index (Phi) is 3.07. The first kappa shape index (κ1) is 14.9. The Bertz CT molecular complexity index is 858. The number of nitrogens with one attached hydrogen (secondary N) is 1. The van der Waals surface area contributed by atoms with E-state index in [9.17, 15) is 9.18 Å². The van der Waals surface area contributed by atoms with Crippen molar-refractivity contribution in [2.75, 3.05) is 11.4 Å². The molecule has 1 N–H and O–H groups in total. The normalized spacial score (nSPS) is 24.1. The number of hydrogen-bond donors (Lipinski definition) is 1. The quantitative estimate of drug-likeness (QED) is 0.918. The number of fused-ring (bicyclic) bond motifs is 3. The molecule has 2 aliphatic heterocycles. The molecule has 1 atom stereocenters. The third-order valence-electron chi connectivity index (χ3n) is 5.24. The minimum atomic E-state index is -0.639. The van der Waals surface area contributed by atoms with Crippen LogP contribution in [0.2, 0.25) is 0 Å². The number of carbonyl (C=O) groups is 1. The van der Waals surface area contributed by atoms with E-state index in [0.29, 0.717) is 6.54 Å². The third kappa shape index (κ3) is 1.92. The van der Waals surface area contributed by atoms with Gasteiger partial charge < -0.3 is 10.2 Å². The summed E-state index contributed by atoms with van der Waals surface area (Å²) in [4.78, 5) is 14.3. The van der Waals surface area contributed by atoms with Crippen LogP contribution in [0.1, 0.15) is 25.0 Å². The Balaban J connectivity index is 1.84. The van der Waals surface area contributed by atoms with E-state index in [4.69, 9.17) is 0 Å². The number of carbonyl (C=O) groups excluding carboxylic acids is 1. The van der Waals surface area contributed by atoms with Crippen LogP contribution in [-0.2, 0) is 10.2 Å². The van der Waals surface area contributed by atoms with Crippen LogP contribution in [-0.4, -0.2) is 18.1 Å². The number of hydrogen-bond acceptors (Lipinski definition) is 2. The van der Waals surface area contributed by atoms with Gasteiger partial charge in [-0.2, -0.15) is 0 Å². The van der Waals surface area contributed by atoms with Gasteiger partial charge in [0.25, 0.3) is 0 Å². The van der Waals surface area contributed by atoms with Gasteiger partial charge in [0.1, 0.15) is 11.5 Å². The predicted octanol–water partition coefficient (Wildman–Crippen LogP) is 3.46. The molecule has 2 heterocycles.